The monoisotopic (exact) mass is 375 g/mol. The SMILES string of the molecule is CC(C)(C)[C@H](N)C(=O)NCC1CCCN1Cc1ccccc1.Cl.Cl. The van der Waals surface area contributed by atoms with Crippen LogP contribution in [0.25, 0.3) is 0 Å². The highest BCUT2D eigenvalue weighted by molar-refractivity contribution is 5.85. The summed E-state index contributed by atoms with van der Waals surface area (Å²) in [5, 5.41) is 3.04. The van der Waals surface area contributed by atoms with E-state index in [4.69, 9.17) is 5.73 Å². The zero-order chi connectivity index (χ0) is 16.2. The fraction of sp³-hybridized carbons (Fsp3) is 0.611. The topological polar surface area (TPSA) is 58.4 Å². The number of nitrogens with one attached hydrogen (secondary N) is 1. The lowest BCUT2D eigenvalue weighted by atomic mass is 9.87. The van der Waals surface area contributed by atoms with Crippen LogP contribution in [0.1, 0.15) is 39.2 Å². The first kappa shape index (κ1) is 23.2. The van der Waals surface area contributed by atoms with Crippen LogP contribution >= 0.6 is 24.8 Å². The molecule has 0 saturated carbocycles. The molecule has 2 rings (SSSR count). The second kappa shape index (κ2) is 10.2. The van der Waals surface area contributed by atoms with Crippen molar-refractivity contribution in [3.05, 3.63) is 35.9 Å². The summed E-state index contributed by atoms with van der Waals surface area (Å²) in [6.07, 6.45) is 2.33. The number of nitrogens with zero attached hydrogens (tertiary/aromatic N) is 1. The van der Waals surface area contributed by atoms with Crippen molar-refractivity contribution >= 4 is 30.7 Å². The van der Waals surface area contributed by atoms with Crippen LogP contribution in [0.4, 0.5) is 0 Å². The van der Waals surface area contributed by atoms with Crippen molar-refractivity contribution in [2.75, 3.05) is 13.1 Å². The van der Waals surface area contributed by atoms with E-state index in [1.54, 1.807) is 0 Å². The first-order chi connectivity index (χ1) is 10.4. The molecule has 138 valence electrons. The third kappa shape index (κ3) is 6.60. The predicted molar refractivity (Wildman–Crippen MR) is 105 cm³/mol. The van der Waals surface area contributed by atoms with Gasteiger partial charge in [0.1, 0.15) is 0 Å². The van der Waals surface area contributed by atoms with Crippen LogP contribution in [0.2, 0.25) is 0 Å². The second-order valence-electron chi connectivity index (χ2n) is 7.34. The summed E-state index contributed by atoms with van der Waals surface area (Å²) >= 11 is 0. The second-order valence-corrected chi connectivity index (χ2v) is 7.34. The van der Waals surface area contributed by atoms with Crippen LogP contribution in [-0.2, 0) is 11.3 Å². The van der Waals surface area contributed by atoms with Crippen molar-refractivity contribution in [2.45, 2.75) is 52.2 Å². The molecular weight excluding hydrogens is 345 g/mol. The van der Waals surface area contributed by atoms with Gasteiger partial charge in [-0.25, -0.2) is 0 Å². The van der Waals surface area contributed by atoms with Gasteiger partial charge in [0.25, 0.3) is 0 Å². The fourth-order valence-electron chi connectivity index (χ4n) is 2.87. The summed E-state index contributed by atoms with van der Waals surface area (Å²) in [7, 11) is 0. The van der Waals surface area contributed by atoms with E-state index in [2.05, 4.69) is 34.5 Å². The van der Waals surface area contributed by atoms with E-state index in [0.29, 0.717) is 12.6 Å². The summed E-state index contributed by atoms with van der Waals surface area (Å²) in [4.78, 5) is 14.6. The van der Waals surface area contributed by atoms with Gasteiger partial charge in [-0.2, -0.15) is 0 Å². The minimum Gasteiger partial charge on any atom is -0.353 e. The maximum Gasteiger partial charge on any atom is 0.237 e. The van der Waals surface area contributed by atoms with Gasteiger partial charge in [0.15, 0.2) is 0 Å². The van der Waals surface area contributed by atoms with Crippen molar-refractivity contribution in [1.82, 2.24) is 10.2 Å². The summed E-state index contributed by atoms with van der Waals surface area (Å²) in [5.74, 6) is -0.0425. The molecule has 3 N–H and O–H groups in total. The van der Waals surface area contributed by atoms with Gasteiger partial charge in [0.2, 0.25) is 5.91 Å². The van der Waals surface area contributed by atoms with Crippen LogP contribution in [0.15, 0.2) is 30.3 Å². The Bertz CT molecular complexity index is 491. The van der Waals surface area contributed by atoms with Crippen LogP contribution in [0.5, 0.6) is 0 Å². The zero-order valence-corrected chi connectivity index (χ0v) is 16.5. The van der Waals surface area contributed by atoms with Gasteiger partial charge in [-0.15, -0.1) is 24.8 Å². The van der Waals surface area contributed by atoms with E-state index >= 15 is 0 Å². The molecule has 1 aromatic rings. The van der Waals surface area contributed by atoms with Gasteiger partial charge in [0.05, 0.1) is 6.04 Å². The van der Waals surface area contributed by atoms with Gasteiger partial charge in [0, 0.05) is 19.1 Å². The molecule has 1 aromatic carbocycles. The van der Waals surface area contributed by atoms with E-state index in [0.717, 1.165) is 19.5 Å². The summed E-state index contributed by atoms with van der Waals surface area (Å²) in [6, 6.07) is 10.5. The number of likely N-dealkylation sites (tertiary alicyclic amines) is 1. The number of hydrogen-bond donors (Lipinski definition) is 2. The molecule has 2 atom stereocenters. The minimum atomic E-state index is -0.462. The zero-order valence-electron chi connectivity index (χ0n) is 14.8. The number of carbonyl (C=O) groups is 1. The van der Waals surface area contributed by atoms with Crippen molar-refractivity contribution in [3.8, 4) is 0 Å². The van der Waals surface area contributed by atoms with Crippen molar-refractivity contribution in [3.63, 3.8) is 0 Å². The highest BCUT2D eigenvalue weighted by Gasteiger charge is 2.29. The predicted octanol–water partition coefficient (Wildman–Crippen LogP) is 2.98. The fourth-order valence-corrected chi connectivity index (χ4v) is 2.87. The molecule has 0 spiro atoms. The molecule has 1 saturated heterocycles. The van der Waals surface area contributed by atoms with Crippen molar-refractivity contribution in [2.24, 2.45) is 11.1 Å². The van der Waals surface area contributed by atoms with E-state index < -0.39 is 6.04 Å². The van der Waals surface area contributed by atoms with E-state index in [9.17, 15) is 4.79 Å². The maximum atomic E-state index is 12.2. The first-order valence-corrected chi connectivity index (χ1v) is 8.19. The molecule has 0 aliphatic carbocycles. The molecule has 0 bridgehead atoms. The standard InChI is InChI=1S/C18H29N3O.2ClH/c1-18(2,3)16(19)17(22)20-12-15-10-7-11-21(15)13-14-8-5-4-6-9-14;;/h4-6,8-9,15-16H,7,10-13,19H2,1-3H3,(H,20,22);2*1H/t15?,16-;;/m1../s1. The van der Waals surface area contributed by atoms with Gasteiger partial charge < -0.3 is 11.1 Å². The van der Waals surface area contributed by atoms with Gasteiger partial charge in [-0.3, -0.25) is 9.69 Å². The molecule has 1 aliphatic heterocycles. The Labute approximate surface area is 158 Å². The number of hydrogen-bond acceptors (Lipinski definition) is 3. The van der Waals surface area contributed by atoms with Crippen molar-refractivity contribution < 1.29 is 4.79 Å². The Hall–Kier alpha value is -0.810. The molecule has 1 amide bonds. The molecule has 1 heterocycles. The number of carbonyl (C=O) groups excluding carboxylic acids is 1. The molecule has 4 nitrogen and oxygen atoms in total. The number of amides is 1. The Balaban J connectivity index is 0.00000264. The van der Waals surface area contributed by atoms with Crippen molar-refractivity contribution in [1.29, 1.82) is 0 Å². The summed E-state index contributed by atoms with van der Waals surface area (Å²) < 4.78 is 0. The van der Waals surface area contributed by atoms with Crippen LogP contribution in [0, 0.1) is 5.41 Å². The Morgan fingerprint density at radius 3 is 2.50 bits per heavy atom. The number of nitrogens with two attached hydrogens (primary N) is 1. The molecule has 0 aromatic heterocycles. The molecule has 1 fully saturated rings. The Morgan fingerprint density at radius 1 is 1.29 bits per heavy atom. The van der Waals surface area contributed by atoms with E-state index in [1.165, 1.54) is 12.0 Å². The number of halogens is 2. The average molecular weight is 376 g/mol. The average Bonchev–Trinajstić information content (AvgIpc) is 2.91. The van der Waals surface area contributed by atoms with Gasteiger partial charge in [-0.05, 0) is 30.4 Å². The maximum absolute atomic E-state index is 12.2. The van der Waals surface area contributed by atoms with Gasteiger partial charge in [-0.1, -0.05) is 51.1 Å². The molecule has 1 unspecified atom stereocenters. The highest BCUT2D eigenvalue weighted by atomic mass is 35.5. The molecule has 0 radical (unpaired) electrons. The molecular formula is C18H31Cl2N3O. The van der Waals surface area contributed by atoms with E-state index in [-0.39, 0.29) is 36.1 Å². The first-order valence-electron chi connectivity index (χ1n) is 8.19. The van der Waals surface area contributed by atoms with Crippen LogP contribution in [0.3, 0.4) is 0 Å². The largest absolute Gasteiger partial charge is 0.353 e. The smallest absolute Gasteiger partial charge is 0.237 e. The Morgan fingerprint density at radius 2 is 1.92 bits per heavy atom. The minimum absolute atomic E-state index is 0. The Kier molecular flexibility index (Phi) is 9.90. The molecule has 1 aliphatic rings. The van der Waals surface area contributed by atoms with Gasteiger partial charge >= 0.3 is 0 Å². The van der Waals surface area contributed by atoms with E-state index in [1.807, 2.05) is 26.8 Å². The highest BCUT2D eigenvalue weighted by Crippen LogP contribution is 2.20. The molecule has 6 heteroatoms. The lowest BCUT2D eigenvalue weighted by Crippen LogP contribution is -2.51. The lowest BCUT2D eigenvalue weighted by Gasteiger charge is -2.28. The summed E-state index contributed by atoms with van der Waals surface area (Å²) in [5.41, 5.74) is 7.13. The normalized spacial score (nSPS) is 19.1. The lowest BCUT2D eigenvalue weighted by molar-refractivity contribution is -0.124. The molecule has 24 heavy (non-hydrogen) atoms. The third-order valence-corrected chi connectivity index (χ3v) is 4.45. The van der Waals surface area contributed by atoms with Crippen LogP contribution < -0.4 is 11.1 Å². The summed E-state index contributed by atoms with van der Waals surface area (Å²) in [6.45, 7) is 8.72. The number of rotatable bonds is 5. The third-order valence-electron chi connectivity index (χ3n) is 4.45. The van der Waals surface area contributed by atoms with Crippen LogP contribution in [-0.4, -0.2) is 36.0 Å². The number of benzene rings is 1. The quantitative estimate of drug-likeness (QED) is 0.831.